The van der Waals surface area contributed by atoms with Crippen molar-refractivity contribution >= 4 is 5.97 Å². The molecule has 2 aromatic rings. The van der Waals surface area contributed by atoms with Crippen LogP contribution in [0.4, 0.5) is 0 Å². The summed E-state index contributed by atoms with van der Waals surface area (Å²) in [5.41, 5.74) is 1.56. The fourth-order valence-electron chi connectivity index (χ4n) is 1.97. The lowest BCUT2D eigenvalue weighted by molar-refractivity contribution is -0.143. The summed E-state index contributed by atoms with van der Waals surface area (Å²) in [5.74, 6) is -0.150. The van der Waals surface area contributed by atoms with Gasteiger partial charge in [-0.05, 0) is 11.6 Å². The average molecular weight is 271 g/mol. The number of benzene rings is 2. The molecule has 104 valence electrons. The number of para-hydroxylation sites is 1. The summed E-state index contributed by atoms with van der Waals surface area (Å²) in [6.45, 7) is 0.376. The van der Waals surface area contributed by atoms with Crippen LogP contribution >= 0.6 is 0 Å². The van der Waals surface area contributed by atoms with Gasteiger partial charge in [-0.3, -0.25) is 5.32 Å². The summed E-state index contributed by atoms with van der Waals surface area (Å²) in [5, 5.41) is 12.8. The highest BCUT2D eigenvalue weighted by Gasteiger charge is 2.20. The van der Waals surface area contributed by atoms with E-state index in [1.807, 2.05) is 42.5 Å². The number of hydrogen-bond donors (Lipinski definition) is 2. The van der Waals surface area contributed by atoms with Gasteiger partial charge in [0.05, 0.1) is 7.11 Å². The largest absolute Gasteiger partial charge is 0.508 e. The topological polar surface area (TPSA) is 58.6 Å². The van der Waals surface area contributed by atoms with Gasteiger partial charge < -0.3 is 9.84 Å². The molecule has 0 saturated heterocycles. The maximum Gasteiger partial charge on any atom is 0.327 e. The lowest BCUT2D eigenvalue weighted by atomic mass is 10.1. The summed E-state index contributed by atoms with van der Waals surface area (Å²) in [7, 11) is 1.36. The zero-order chi connectivity index (χ0) is 14.4. The van der Waals surface area contributed by atoms with Crippen LogP contribution in [0.25, 0.3) is 0 Å². The molecule has 0 aromatic heterocycles. The molecule has 1 unspecified atom stereocenters. The van der Waals surface area contributed by atoms with Gasteiger partial charge in [-0.1, -0.05) is 48.5 Å². The standard InChI is InChI=1S/C16H17NO3/c1-20-16(19)15(12-7-3-2-4-8-12)17-11-13-9-5-6-10-14(13)18/h2-10,15,17-18H,11H2,1H3. The molecule has 0 radical (unpaired) electrons. The van der Waals surface area contributed by atoms with Crippen molar-refractivity contribution in [1.29, 1.82) is 0 Å². The van der Waals surface area contributed by atoms with Crippen molar-refractivity contribution in [3.05, 3.63) is 65.7 Å². The van der Waals surface area contributed by atoms with E-state index in [9.17, 15) is 9.90 Å². The zero-order valence-electron chi connectivity index (χ0n) is 11.2. The van der Waals surface area contributed by atoms with Crippen LogP contribution in [0.15, 0.2) is 54.6 Å². The van der Waals surface area contributed by atoms with E-state index in [2.05, 4.69) is 5.32 Å². The molecular formula is C16H17NO3. The Kier molecular flexibility index (Phi) is 4.74. The van der Waals surface area contributed by atoms with Crippen LogP contribution in [-0.2, 0) is 16.1 Å². The predicted octanol–water partition coefficient (Wildman–Crippen LogP) is 2.40. The third kappa shape index (κ3) is 3.36. The van der Waals surface area contributed by atoms with Gasteiger partial charge in [-0.2, -0.15) is 0 Å². The van der Waals surface area contributed by atoms with Crippen LogP contribution in [0.2, 0.25) is 0 Å². The smallest absolute Gasteiger partial charge is 0.327 e. The van der Waals surface area contributed by atoms with Gasteiger partial charge in [0.25, 0.3) is 0 Å². The van der Waals surface area contributed by atoms with E-state index in [-0.39, 0.29) is 11.7 Å². The lowest BCUT2D eigenvalue weighted by Crippen LogP contribution is -2.29. The molecule has 0 aliphatic carbocycles. The number of nitrogens with one attached hydrogen (secondary N) is 1. The molecule has 2 N–H and O–H groups in total. The molecule has 0 spiro atoms. The Balaban J connectivity index is 2.14. The molecule has 4 nitrogen and oxygen atoms in total. The minimum absolute atomic E-state index is 0.205. The number of carbonyl (C=O) groups excluding carboxylic acids is 1. The molecular weight excluding hydrogens is 254 g/mol. The van der Waals surface area contributed by atoms with E-state index in [4.69, 9.17) is 4.74 Å². The Bertz CT molecular complexity index is 569. The van der Waals surface area contributed by atoms with Crippen LogP contribution in [0, 0.1) is 0 Å². The van der Waals surface area contributed by atoms with E-state index in [1.165, 1.54) is 7.11 Å². The van der Waals surface area contributed by atoms with Gasteiger partial charge in [0, 0.05) is 12.1 Å². The highest BCUT2D eigenvalue weighted by atomic mass is 16.5. The molecule has 4 heteroatoms. The molecule has 0 fully saturated rings. The molecule has 0 saturated carbocycles. The quantitative estimate of drug-likeness (QED) is 0.820. The number of carbonyl (C=O) groups is 1. The third-order valence-electron chi connectivity index (χ3n) is 3.06. The van der Waals surface area contributed by atoms with Gasteiger partial charge in [-0.25, -0.2) is 4.79 Å². The predicted molar refractivity (Wildman–Crippen MR) is 76.1 cm³/mol. The number of hydrogen-bond acceptors (Lipinski definition) is 4. The van der Waals surface area contributed by atoms with E-state index >= 15 is 0 Å². The molecule has 0 amide bonds. The molecule has 0 aliphatic rings. The van der Waals surface area contributed by atoms with Crippen LogP contribution < -0.4 is 5.32 Å². The third-order valence-corrected chi connectivity index (χ3v) is 3.06. The fourth-order valence-corrected chi connectivity index (χ4v) is 1.97. The monoisotopic (exact) mass is 271 g/mol. The van der Waals surface area contributed by atoms with Crippen LogP contribution in [0.5, 0.6) is 5.75 Å². The average Bonchev–Trinajstić information content (AvgIpc) is 2.50. The minimum atomic E-state index is -0.555. The normalized spacial score (nSPS) is 11.8. The maximum absolute atomic E-state index is 11.9. The molecule has 0 bridgehead atoms. The molecule has 0 heterocycles. The summed E-state index contributed by atoms with van der Waals surface area (Å²) in [6, 6.07) is 15.8. The highest BCUT2D eigenvalue weighted by Crippen LogP contribution is 2.19. The van der Waals surface area contributed by atoms with Crippen LogP contribution in [0.3, 0.4) is 0 Å². The first kappa shape index (κ1) is 14.1. The van der Waals surface area contributed by atoms with Gasteiger partial charge >= 0.3 is 5.97 Å². The highest BCUT2D eigenvalue weighted by molar-refractivity contribution is 5.77. The Morgan fingerprint density at radius 3 is 2.45 bits per heavy atom. The van der Waals surface area contributed by atoms with Crippen molar-refractivity contribution in [3.63, 3.8) is 0 Å². The maximum atomic E-state index is 11.9. The second-order valence-corrected chi connectivity index (χ2v) is 4.38. The van der Waals surface area contributed by atoms with E-state index in [0.29, 0.717) is 6.54 Å². The van der Waals surface area contributed by atoms with E-state index in [1.54, 1.807) is 12.1 Å². The first-order valence-corrected chi connectivity index (χ1v) is 6.35. The SMILES string of the molecule is COC(=O)C(NCc1ccccc1O)c1ccccc1. The number of methoxy groups -OCH3 is 1. The summed E-state index contributed by atoms with van der Waals surface area (Å²) in [6.07, 6.45) is 0. The summed E-state index contributed by atoms with van der Waals surface area (Å²) >= 11 is 0. The van der Waals surface area contributed by atoms with Crippen molar-refractivity contribution < 1.29 is 14.6 Å². The van der Waals surface area contributed by atoms with Gasteiger partial charge in [0.1, 0.15) is 11.8 Å². The molecule has 2 rings (SSSR count). The number of ether oxygens (including phenoxy) is 1. The number of phenolic OH excluding ortho intramolecular Hbond substituents is 1. The number of esters is 1. The summed E-state index contributed by atoms with van der Waals surface area (Å²) < 4.78 is 4.82. The van der Waals surface area contributed by atoms with Gasteiger partial charge in [0.2, 0.25) is 0 Å². The second kappa shape index (κ2) is 6.73. The Morgan fingerprint density at radius 2 is 1.80 bits per heavy atom. The van der Waals surface area contributed by atoms with Crippen LogP contribution in [0.1, 0.15) is 17.2 Å². The van der Waals surface area contributed by atoms with Crippen molar-refractivity contribution in [2.24, 2.45) is 0 Å². The molecule has 1 atom stereocenters. The molecule has 0 aliphatic heterocycles. The van der Waals surface area contributed by atoms with Crippen molar-refractivity contribution in [3.8, 4) is 5.75 Å². The second-order valence-electron chi connectivity index (χ2n) is 4.38. The first-order valence-electron chi connectivity index (χ1n) is 6.35. The Morgan fingerprint density at radius 1 is 1.15 bits per heavy atom. The minimum Gasteiger partial charge on any atom is -0.508 e. The van der Waals surface area contributed by atoms with Crippen molar-refractivity contribution in [2.45, 2.75) is 12.6 Å². The van der Waals surface area contributed by atoms with Gasteiger partial charge in [-0.15, -0.1) is 0 Å². The van der Waals surface area contributed by atoms with Crippen molar-refractivity contribution in [1.82, 2.24) is 5.32 Å². The fraction of sp³-hybridized carbons (Fsp3) is 0.188. The van der Waals surface area contributed by atoms with E-state index < -0.39 is 6.04 Å². The zero-order valence-corrected chi connectivity index (χ0v) is 11.2. The van der Waals surface area contributed by atoms with Crippen molar-refractivity contribution in [2.75, 3.05) is 7.11 Å². The number of phenols is 1. The molecule has 2 aromatic carbocycles. The molecule has 20 heavy (non-hydrogen) atoms. The first-order chi connectivity index (χ1) is 9.72. The van der Waals surface area contributed by atoms with E-state index in [0.717, 1.165) is 11.1 Å². The van der Waals surface area contributed by atoms with Crippen LogP contribution in [-0.4, -0.2) is 18.2 Å². The Hall–Kier alpha value is -2.33. The number of rotatable bonds is 5. The lowest BCUT2D eigenvalue weighted by Gasteiger charge is -2.17. The summed E-state index contributed by atoms with van der Waals surface area (Å²) in [4.78, 5) is 11.9. The van der Waals surface area contributed by atoms with Gasteiger partial charge in [0.15, 0.2) is 0 Å². The number of aromatic hydroxyl groups is 1. The Labute approximate surface area is 118 Å².